The van der Waals surface area contributed by atoms with E-state index in [-0.39, 0.29) is 11.9 Å². The lowest BCUT2D eigenvalue weighted by Gasteiger charge is -2.26. The molecule has 1 fully saturated rings. The third kappa shape index (κ3) is 3.58. The molecule has 0 N–H and O–H groups in total. The average Bonchev–Trinajstić information content (AvgIpc) is 3.24. The summed E-state index contributed by atoms with van der Waals surface area (Å²) in [6.07, 6.45) is 4.96. The number of furan rings is 1. The van der Waals surface area contributed by atoms with Gasteiger partial charge in [0.05, 0.1) is 12.3 Å². The first-order valence-corrected chi connectivity index (χ1v) is 8.24. The van der Waals surface area contributed by atoms with Gasteiger partial charge in [0.25, 0.3) is 0 Å². The van der Waals surface area contributed by atoms with Crippen molar-refractivity contribution in [2.75, 3.05) is 25.5 Å². The first-order valence-electron chi connectivity index (χ1n) is 8.24. The molecule has 4 heteroatoms. The minimum absolute atomic E-state index is 0.207. The maximum Gasteiger partial charge on any atom is 0.223 e. The summed E-state index contributed by atoms with van der Waals surface area (Å²) in [6, 6.07) is 12.5. The number of hydrogen-bond acceptors (Lipinski definition) is 3. The van der Waals surface area contributed by atoms with Gasteiger partial charge in [-0.15, -0.1) is 0 Å². The summed E-state index contributed by atoms with van der Waals surface area (Å²) in [6.45, 7) is 0.855. The lowest BCUT2D eigenvalue weighted by atomic mass is 10.0. The molecule has 2 heterocycles. The molecule has 1 amide bonds. The Morgan fingerprint density at radius 3 is 2.91 bits per heavy atom. The van der Waals surface area contributed by atoms with E-state index in [0.717, 1.165) is 25.1 Å². The second kappa shape index (κ2) is 6.90. The number of hydrogen-bond donors (Lipinski definition) is 0. The molecule has 3 rings (SSSR count). The Bertz CT molecular complexity index is 649. The van der Waals surface area contributed by atoms with Crippen molar-refractivity contribution in [3.05, 3.63) is 54.0 Å². The topological polar surface area (TPSA) is 36.7 Å². The fraction of sp³-hybridized carbons (Fsp3) is 0.421. The zero-order valence-electron chi connectivity index (χ0n) is 13.9. The Morgan fingerprint density at radius 2 is 2.17 bits per heavy atom. The van der Waals surface area contributed by atoms with Crippen LogP contribution in [0.25, 0.3) is 0 Å². The zero-order chi connectivity index (χ0) is 16.2. The van der Waals surface area contributed by atoms with E-state index in [1.165, 1.54) is 11.3 Å². The predicted molar refractivity (Wildman–Crippen MR) is 91.5 cm³/mol. The van der Waals surface area contributed by atoms with E-state index in [2.05, 4.69) is 29.2 Å². The molecule has 2 aromatic rings. The fourth-order valence-electron chi connectivity index (χ4n) is 3.25. The van der Waals surface area contributed by atoms with Gasteiger partial charge in [0.2, 0.25) is 5.91 Å². The van der Waals surface area contributed by atoms with E-state index in [4.69, 9.17) is 4.42 Å². The van der Waals surface area contributed by atoms with Crippen molar-refractivity contribution in [2.45, 2.75) is 31.7 Å². The summed E-state index contributed by atoms with van der Waals surface area (Å²) in [7, 11) is 4.08. The van der Waals surface area contributed by atoms with Gasteiger partial charge in [0.1, 0.15) is 5.76 Å². The van der Waals surface area contributed by atoms with Crippen LogP contribution in [0.5, 0.6) is 0 Å². The number of amides is 1. The molecule has 23 heavy (non-hydrogen) atoms. The third-order valence-corrected chi connectivity index (χ3v) is 4.51. The number of carbonyl (C=O) groups excluding carboxylic acids is 1. The second-order valence-electron chi connectivity index (χ2n) is 6.31. The first kappa shape index (κ1) is 15.7. The molecule has 0 radical (unpaired) electrons. The molecule has 0 saturated carbocycles. The highest BCUT2D eigenvalue weighted by Gasteiger charge is 2.29. The maximum absolute atomic E-state index is 12.6. The molecular weight excluding hydrogens is 288 g/mol. The van der Waals surface area contributed by atoms with Crippen LogP contribution in [0.4, 0.5) is 5.69 Å². The van der Waals surface area contributed by atoms with Gasteiger partial charge in [0, 0.05) is 39.2 Å². The van der Waals surface area contributed by atoms with Crippen molar-refractivity contribution >= 4 is 11.6 Å². The number of nitrogens with zero attached hydrogens (tertiary/aromatic N) is 2. The highest BCUT2D eigenvalue weighted by atomic mass is 16.3. The molecule has 122 valence electrons. The van der Waals surface area contributed by atoms with E-state index < -0.39 is 0 Å². The van der Waals surface area contributed by atoms with Crippen LogP contribution in [0.15, 0.2) is 47.1 Å². The average molecular weight is 312 g/mol. The van der Waals surface area contributed by atoms with Crippen molar-refractivity contribution in [2.24, 2.45) is 0 Å². The number of benzene rings is 1. The Kier molecular flexibility index (Phi) is 4.70. The fourth-order valence-corrected chi connectivity index (χ4v) is 3.25. The van der Waals surface area contributed by atoms with Crippen LogP contribution in [-0.2, 0) is 11.2 Å². The molecule has 1 aliphatic heterocycles. The first-order chi connectivity index (χ1) is 11.1. The highest BCUT2D eigenvalue weighted by Crippen LogP contribution is 2.34. The predicted octanol–water partition coefficient (Wildman–Crippen LogP) is 3.64. The van der Waals surface area contributed by atoms with E-state index in [9.17, 15) is 4.79 Å². The molecule has 1 atom stereocenters. The lowest BCUT2D eigenvalue weighted by molar-refractivity contribution is -0.132. The minimum Gasteiger partial charge on any atom is -0.469 e. The Labute approximate surface area is 137 Å². The van der Waals surface area contributed by atoms with E-state index in [1.807, 2.05) is 31.1 Å². The van der Waals surface area contributed by atoms with Crippen LogP contribution in [0, 0.1) is 0 Å². The molecular formula is C19H24N2O2. The summed E-state index contributed by atoms with van der Waals surface area (Å²) in [4.78, 5) is 16.8. The quantitative estimate of drug-likeness (QED) is 0.846. The molecule has 1 saturated heterocycles. The summed E-state index contributed by atoms with van der Waals surface area (Å²) in [5.41, 5.74) is 2.41. The van der Waals surface area contributed by atoms with Gasteiger partial charge in [-0.1, -0.05) is 12.1 Å². The number of carbonyl (C=O) groups is 1. The van der Waals surface area contributed by atoms with Gasteiger partial charge >= 0.3 is 0 Å². The van der Waals surface area contributed by atoms with Gasteiger partial charge in [-0.05, 0) is 42.7 Å². The van der Waals surface area contributed by atoms with Crippen LogP contribution in [0.2, 0.25) is 0 Å². The lowest BCUT2D eigenvalue weighted by Crippen LogP contribution is -2.30. The monoisotopic (exact) mass is 312 g/mol. The largest absolute Gasteiger partial charge is 0.469 e. The standard InChI is InChI=1S/C19H24N2O2/c1-20(2)16-7-3-6-15(14-16)18-9-4-12-21(18)19(22)11-10-17-8-5-13-23-17/h3,5-8,13-14,18H,4,9-12H2,1-2H3. The van der Waals surface area contributed by atoms with E-state index in [1.54, 1.807) is 6.26 Å². The molecule has 0 spiro atoms. The summed E-state index contributed by atoms with van der Waals surface area (Å²) in [5.74, 6) is 1.10. The number of rotatable bonds is 5. The summed E-state index contributed by atoms with van der Waals surface area (Å²) in [5, 5.41) is 0. The summed E-state index contributed by atoms with van der Waals surface area (Å²) < 4.78 is 5.32. The number of anilines is 1. The van der Waals surface area contributed by atoms with Gasteiger partial charge in [-0.3, -0.25) is 4.79 Å². The van der Waals surface area contributed by atoms with Gasteiger partial charge in [0.15, 0.2) is 0 Å². The van der Waals surface area contributed by atoms with Crippen LogP contribution < -0.4 is 4.90 Å². The maximum atomic E-state index is 12.6. The normalized spacial score (nSPS) is 17.5. The van der Waals surface area contributed by atoms with Crippen LogP contribution in [0.1, 0.15) is 36.6 Å². The minimum atomic E-state index is 0.207. The number of likely N-dealkylation sites (tertiary alicyclic amines) is 1. The smallest absolute Gasteiger partial charge is 0.223 e. The van der Waals surface area contributed by atoms with Crippen molar-refractivity contribution in [1.29, 1.82) is 0 Å². The molecule has 1 aromatic heterocycles. The molecule has 0 aliphatic carbocycles. The molecule has 1 aliphatic rings. The van der Waals surface area contributed by atoms with Gasteiger partial charge in [-0.25, -0.2) is 0 Å². The van der Waals surface area contributed by atoms with Crippen molar-refractivity contribution in [3.63, 3.8) is 0 Å². The van der Waals surface area contributed by atoms with Crippen molar-refractivity contribution < 1.29 is 9.21 Å². The Hall–Kier alpha value is -2.23. The molecule has 1 aromatic carbocycles. The summed E-state index contributed by atoms with van der Waals surface area (Å²) >= 11 is 0. The third-order valence-electron chi connectivity index (χ3n) is 4.51. The van der Waals surface area contributed by atoms with Crippen LogP contribution >= 0.6 is 0 Å². The molecule has 0 bridgehead atoms. The SMILES string of the molecule is CN(C)c1cccc(C2CCCN2C(=O)CCc2ccco2)c1. The Balaban J connectivity index is 1.69. The van der Waals surface area contributed by atoms with Crippen LogP contribution in [-0.4, -0.2) is 31.4 Å². The van der Waals surface area contributed by atoms with Crippen LogP contribution in [0.3, 0.4) is 0 Å². The van der Waals surface area contributed by atoms with E-state index >= 15 is 0 Å². The molecule has 4 nitrogen and oxygen atoms in total. The second-order valence-corrected chi connectivity index (χ2v) is 6.31. The van der Waals surface area contributed by atoms with Crippen molar-refractivity contribution in [1.82, 2.24) is 4.90 Å². The van der Waals surface area contributed by atoms with Gasteiger partial charge in [-0.2, -0.15) is 0 Å². The van der Waals surface area contributed by atoms with E-state index in [0.29, 0.717) is 12.8 Å². The number of aryl methyl sites for hydroxylation is 1. The van der Waals surface area contributed by atoms with Crippen molar-refractivity contribution in [3.8, 4) is 0 Å². The Morgan fingerprint density at radius 1 is 1.30 bits per heavy atom. The molecule has 1 unspecified atom stereocenters. The highest BCUT2D eigenvalue weighted by molar-refractivity contribution is 5.77. The van der Waals surface area contributed by atoms with Gasteiger partial charge < -0.3 is 14.2 Å². The zero-order valence-corrected chi connectivity index (χ0v) is 13.9.